The van der Waals surface area contributed by atoms with Crippen molar-refractivity contribution in [2.45, 2.75) is 30.7 Å². The molecule has 0 saturated carbocycles. The number of ether oxygens (including phenoxy) is 2. The summed E-state index contributed by atoms with van der Waals surface area (Å²) < 4.78 is 10.0. The van der Waals surface area contributed by atoms with E-state index in [9.17, 15) is 29.1 Å². The topological polar surface area (TPSA) is 175 Å². The van der Waals surface area contributed by atoms with Gasteiger partial charge in [-0.15, -0.1) is 0 Å². The number of nitrogens with zero attached hydrogens (tertiary/aromatic N) is 1. The van der Waals surface area contributed by atoms with Crippen molar-refractivity contribution in [1.82, 2.24) is 10.4 Å². The van der Waals surface area contributed by atoms with E-state index in [1.54, 1.807) is 30.3 Å². The second-order valence-corrected chi connectivity index (χ2v) is 6.66. The Bertz CT molecular complexity index is 890. The molecule has 1 unspecified atom stereocenters. The van der Waals surface area contributed by atoms with Gasteiger partial charge in [-0.1, -0.05) is 30.3 Å². The predicted octanol–water partition coefficient (Wildman–Crippen LogP) is -1.56. The monoisotopic (exact) mass is 421 g/mol. The summed E-state index contributed by atoms with van der Waals surface area (Å²) in [4.78, 5) is 66.4. The highest BCUT2D eigenvalue weighted by Crippen LogP contribution is 2.37. The molecule has 0 spiro atoms. The summed E-state index contributed by atoms with van der Waals surface area (Å²) in [6.45, 7) is -1.54. The van der Waals surface area contributed by atoms with E-state index < -0.39 is 60.6 Å². The van der Waals surface area contributed by atoms with Crippen LogP contribution in [0, 0.1) is 0 Å². The number of carboxylic acid groups (broad SMARTS) is 1. The molecule has 0 radical (unpaired) electrons. The van der Waals surface area contributed by atoms with Gasteiger partial charge in [0.2, 0.25) is 11.4 Å². The van der Waals surface area contributed by atoms with Gasteiger partial charge in [0.15, 0.2) is 0 Å². The number of hydrogen-bond acceptors (Lipinski definition) is 9. The molecule has 12 heteroatoms. The second-order valence-electron chi connectivity index (χ2n) is 6.66. The molecule has 2 fully saturated rings. The van der Waals surface area contributed by atoms with Crippen LogP contribution in [0.1, 0.15) is 18.4 Å². The molecule has 2 saturated heterocycles. The van der Waals surface area contributed by atoms with Crippen molar-refractivity contribution in [1.29, 1.82) is 0 Å². The zero-order chi connectivity index (χ0) is 21.9. The lowest BCUT2D eigenvalue weighted by atomic mass is 9.98. The van der Waals surface area contributed by atoms with Crippen molar-refractivity contribution < 1.29 is 43.4 Å². The summed E-state index contributed by atoms with van der Waals surface area (Å²) in [5.41, 5.74) is 1.05. The van der Waals surface area contributed by atoms with Gasteiger partial charge in [-0.3, -0.25) is 19.2 Å². The van der Waals surface area contributed by atoms with E-state index in [-0.39, 0.29) is 13.0 Å². The van der Waals surface area contributed by atoms with Crippen LogP contribution in [-0.2, 0) is 44.9 Å². The Morgan fingerprint density at radius 3 is 2.50 bits per heavy atom. The minimum Gasteiger partial charge on any atom is -0.477 e. The highest BCUT2D eigenvalue weighted by atomic mass is 16.8. The Kier molecular flexibility index (Phi) is 5.71. The lowest BCUT2D eigenvalue weighted by molar-refractivity contribution is -0.256. The summed E-state index contributed by atoms with van der Waals surface area (Å²) in [5.74, 6) is -5.83. The van der Waals surface area contributed by atoms with Gasteiger partial charge in [0, 0.05) is 6.42 Å². The molecule has 2 amide bonds. The Morgan fingerprint density at radius 2 is 1.93 bits per heavy atom. The van der Waals surface area contributed by atoms with Crippen LogP contribution in [0.5, 0.6) is 0 Å². The normalized spacial score (nSPS) is 25.7. The van der Waals surface area contributed by atoms with Crippen molar-refractivity contribution in [3.05, 3.63) is 35.9 Å². The summed E-state index contributed by atoms with van der Waals surface area (Å²) >= 11 is 0. The average Bonchev–Trinajstić information content (AvgIpc) is 3.29. The Balaban J connectivity index is 1.89. The van der Waals surface area contributed by atoms with Crippen LogP contribution in [-0.4, -0.2) is 64.3 Å². The first-order valence-electron chi connectivity index (χ1n) is 8.90. The number of carbonyl (C=O) groups excluding carboxylic acids is 4. The van der Waals surface area contributed by atoms with E-state index in [0.29, 0.717) is 10.6 Å². The summed E-state index contributed by atoms with van der Waals surface area (Å²) in [7, 11) is 0. The fraction of sp³-hybridized carbons (Fsp3) is 0.389. The molecule has 160 valence electrons. The van der Waals surface area contributed by atoms with Gasteiger partial charge < -0.3 is 25.6 Å². The SMILES string of the molecule is NCC(=O)N[C@@]1(C(=O)OCc2ccccc2)CON(C2(C(=O)O)CCC(=O)O2)C1=O. The van der Waals surface area contributed by atoms with E-state index in [2.05, 4.69) is 5.32 Å². The van der Waals surface area contributed by atoms with Gasteiger partial charge >= 0.3 is 23.6 Å². The molecule has 4 N–H and O–H groups in total. The van der Waals surface area contributed by atoms with E-state index >= 15 is 0 Å². The maximum absolute atomic E-state index is 13.1. The molecule has 2 aliphatic heterocycles. The van der Waals surface area contributed by atoms with E-state index in [1.165, 1.54) is 0 Å². The molecule has 30 heavy (non-hydrogen) atoms. The number of rotatable bonds is 7. The maximum atomic E-state index is 13.1. The quantitative estimate of drug-likeness (QED) is 0.345. The number of nitrogens with one attached hydrogen (secondary N) is 1. The number of carboxylic acids is 1. The Morgan fingerprint density at radius 1 is 1.23 bits per heavy atom. The fourth-order valence-electron chi connectivity index (χ4n) is 3.09. The lowest BCUT2D eigenvalue weighted by Gasteiger charge is -2.31. The zero-order valence-corrected chi connectivity index (χ0v) is 15.7. The van der Waals surface area contributed by atoms with Gasteiger partial charge in [0.1, 0.15) is 13.2 Å². The van der Waals surface area contributed by atoms with Crippen LogP contribution in [0.25, 0.3) is 0 Å². The van der Waals surface area contributed by atoms with Crippen LogP contribution in [0.4, 0.5) is 0 Å². The number of cyclic esters (lactones) is 1. The molecule has 2 aliphatic rings. The van der Waals surface area contributed by atoms with Crippen LogP contribution in [0.3, 0.4) is 0 Å². The Hall–Kier alpha value is -3.51. The van der Waals surface area contributed by atoms with Crippen molar-refractivity contribution in [2.75, 3.05) is 13.2 Å². The molecule has 0 aliphatic carbocycles. The number of amides is 2. The van der Waals surface area contributed by atoms with Crippen LogP contribution in [0.15, 0.2) is 30.3 Å². The summed E-state index contributed by atoms with van der Waals surface area (Å²) in [6, 6.07) is 8.54. The van der Waals surface area contributed by atoms with Gasteiger partial charge in [0.05, 0.1) is 13.0 Å². The van der Waals surface area contributed by atoms with E-state index in [4.69, 9.17) is 20.0 Å². The molecule has 2 atom stereocenters. The smallest absolute Gasteiger partial charge is 0.372 e. The van der Waals surface area contributed by atoms with E-state index in [0.717, 1.165) is 0 Å². The maximum Gasteiger partial charge on any atom is 0.372 e. The van der Waals surface area contributed by atoms with Crippen LogP contribution in [0.2, 0.25) is 0 Å². The molecule has 0 bridgehead atoms. The second kappa shape index (κ2) is 8.08. The molecule has 0 aromatic heterocycles. The highest BCUT2D eigenvalue weighted by molar-refractivity contribution is 6.12. The van der Waals surface area contributed by atoms with Crippen LogP contribution >= 0.6 is 0 Å². The first-order valence-corrected chi connectivity index (χ1v) is 8.90. The van der Waals surface area contributed by atoms with Crippen LogP contribution < -0.4 is 11.1 Å². The van der Waals surface area contributed by atoms with E-state index in [1.807, 2.05) is 0 Å². The minimum absolute atomic E-state index is 0.216. The highest BCUT2D eigenvalue weighted by Gasteiger charge is 2.66. The molecule has 1 aromatic rings. The number of hydrogen-bond donors (Lipinski definition) is 3. The summed E-state index contributed by atoms with van der Waals surface area (Å²) in [6.07, 6.45) is -0.674. The molecular formula is C18H19N3O9. The summed E-state index contributed by atoms with van der Waals surface area (Å²) in [5, 5.41) is 12.0. The third-order valence-electron chi connectivity index (χ3n) is 4.67. The van der Waals surface area contributed by atoms with Crippen molar-refractivity contribution in [3.8, 4) is 0 Å². The number of aliphatic carboxylic acids is 1. The molecule has 12 nitrogen and oxygen atoms in total. The van der Waals surface area contributed by atoms with Gasteiger partial charge in [-0.25, -0.2) is 9.59 Å². The number of nitrogens with two attached hydrogens (primary N) is 1. The molecule has 1 aromatic carbocycles. The average molecular weight is 421 g/mol. The number of hydroxylamine groups is 2. The lowest BCUT2D eigenvalue weighted by Crippen LogP contribution is -2.65. The first kappa shape index (κ1) is 21.2. The third-order valence-corrected chi connectivity index (χ3v) is 4.67. The van der Waals surface area contributed by atoms with Gasteiger partial charge in [-0.05, 0) is 5.56 Å². The molecular weight excluding hydrogens is 402 g/mol. The number of esters is 2. The molecule has 3 rings (SSSR count). The molecule has 2 heterocycles. The first-order chi connectivity index (χ1) is 14.2. The Labute approximate surface area is 169 Å². The van der Waals surface area contributed by atoms with Crippen molar-refractivity contribution in [2.24, 2.45) is 5.73 Å². The largest absolute Gasteiger partial charge is 0.477 e. The number of benzene rings is 1. The number of carbonyl (C=O) groups is 5. The van der Waals surface area contributed by atoms with Crippen molar-refractivity contribution in [3.63, 3.8) is 0 Å². The van der Waals surface area contributed by atoms with Gasteiger partial charge in [0.25, 0.3) is 5.91 Å². The standard InChI is InChI=1S/C18H19N3O9/c19-8-12(22)20-17(16(27)28-9-11-4-2-1-3-5-11)10-29-21(14(17)24)18(15(25)26)7-6-13(23)30-18/h1-5H,6-10,19H2,(H,20,22)(H,25,26)/t17-,18?/m0/s1. The third kappa shape index (κ3) is 3.57. The van der Waals surface area contributed by atoms with Gasteiger partial charge in [-0.2, -0.15) is 5.06 Å². The minimum atomic E-state index is -2.46. The van der Waals surface area contributed by atoms with Crippen molar-refractivity contribution >= 4 is 29.7 Å². The fourth-order valence-corrected chi connectivity index (χ4v) is 3.09. The zero-order valence-electron chi connectivity index (χ0n) is 15.7. The predicted molar refractivity (Wildman–Crippen MR) is 94.7 cm³/mol.